The number of aryl methyl sites for hydroxylation is 3. The van der Waals surface area contributed by atoms with Crippen molar-refractivity contribution in [1.29, 1.82) is 0 Å². The zero-order chi connectivity index (χ0) is 15.4. The number of methoxy groups -OCH3 is 1. The molecule has 2 aromatic rings. The molecule has 0 bridgehead atoms. The summed E-state index contributed by atoms with van der Waals surface area (Å²) in [5, 5.41) is 0. The minimum Gasteiger partial charge on any atom is -0.496 e. The minimum atomic E-state index is 0.321. The van der Waals surface area contributed by atoms with Crippen molar-refractivity contribution >= 4 is 0 Å². The van der Waals surface area contributed by atoms with Crippen molar-refractivity contribution in [3.8, 4) is 5.75 Å². The van der Waals surface area contributed by atoms with Gasteiger partial charge in [-0.15, -0.1) is 0 Å². The van der Waals surface area contributed by atoms with Crippen LogP contribution in [0.4, 0.5) is 0 Å². The highest BCUT2D eigenvalue weighted by molar-refractivity contribution is 5.42. The normalized spacial score (nSPS) is 12.2. The second-order valence-electron chi connectivity index (χ2n) is 5.76. The van der Waals surface area contributed by atoms with E-state index in [1.54, 1.807) is 7.11 Å². The fourth-order valence-electron chi connectivity index (χ4n) is 3.28. The third kappa shape index (κ3) is 3.45. The van der Waals surface area contributed by atoms with Crippen LogP contribution in [0.3, 0.4) is 0 Å². The van der Waals surface area contributed by atoms with Gasteiger partial charge in [0.05, 0.1) is 7.11 Å². The van der Waals surface area contributed by atoms with Crippen molar-refractivity contribution in [1.82, 2.24) is 0 Å². The fraction of sp³-hybridized carbons (Fsp3) is 0.368. The summed E-state index contributed by atoms with van der Waals surface area (Å²) in [4.78, 5) is 0. The third-order valence-corrected chi connectivity index (χ3v) is 4.09. The SMILES string of the molecule is COc1ccccc1CC(CN)c1c(C)cc(C)cc1C. The van der Waals surface area contributed by atoms with E-state index in [-0.39, 0.29) is 0 Å². The van der Waals surface area contributed by atoms with Gasteiger partial charge < -0.3 is 10.5 Å². The van der Waals surface area contributed by atoms with E-state index in [9.17, 15) is 0 Å². The average molecular weight is 283 g/mol. The van der Waals surface area contributed by atoms with Gasteiger partial charge in [-0.3, -0.25) is 0 Å². The Kier molecular flexibility index (Phi) is 5.03. The lowest BCUT2D eigenvalue weighted by Gasteiger charge is -2.22. The lowest BCUT2D eigenvalue weighted by Crippen LogP contribution is -2.17. The predicted molar refractivity (Wildman–Crippen MR) is 89.1 cm³/mol. The van der Waals surface area contributed by atoms with Crippen LogP contribution in [-0.2, 0) is 6.42 Å². The average Bonchev–Trinajstić information content (AvgIpc) is 2.45. The van der Waals surface area contributed by atoms with Crippen LogP contribution >= 0.6 is 0 Å². The summed E-state index contributed by atoms with van der Waals surface area (Å²) >= 11 is 0. The number of benzene rings is 2. The Balaban J connectivity index is 2.37. The van der Waals surface area contributed by atoms with Crippen LogP contribution in [-0.4, -0.2) is 13.7 Å². The standard InChI is InChI=1S/C19H25NO/c1-13-9-14(2)19(15(3)10-13)17(12-20)11-16-7-5-6-8-18(16)21-4/h5-10,17H,11-12,20H2,1-4H3. The minimum absolute atomic E-state index is 0.321. The molecule has 112 valence electrons. The monoisotopic (exact) mass is 283 g/mol. The molecule has 0 aliphatic heterocycles. The Bertz CT molecular complexity index is 596. The second kappa shape index (κ2) is 6.77. The van der Waals surface area contributed by atoms with Crippen molar-refractivity contribution in [3.63, 3.8) is 0 Å². The predicted octanol–water partition coefficient (Wildman–Crippen LogP) is 3.91. The van der Waals surface area contributed by atoms with Gasteiger partial charge in [-0.1, -0.05) is 35.9 Å². The number of hydrogen-bond donors (Lipinski definition) is 1. The van der Waals surface area contributed by atoms with E-state index in [1.165, 1.54) is 27.8 Å². The van der Waals surface area contributed by atoms with Crippen molar-refractivity contribution in [3.05, 3.63) is 64.2 Å². The van der Waals surface area contributed by atoms with Gasteiger partial charge in [-0.2, -0.15) is 0 Å². The van der Waals surface area contributed by atoms with E-state index < -0.39 is 0 Å². The van der Waals surface area contributed by atoms with Gasteiger partial charge >= 0.3 is 0 Å². The van der Waals surface area contributed by atoms with Gasteiger partial charge in [0.25, 0.3) is 0 Å². The summed E-state index contributed by atoms with van der Waals surface area (Å²) in [5.74, 6) is 1.26. The van der Waals surface area contributed by atoms with E-state index in [2.05, 4.69) is 45.0 Å². The molecule has 0 fully saturated rings. The van der Waals surface area contributed by atoms with Crippen molar-refractivity contribution in [2.45, 2.75) is 33.1 Å². The highest BCUT2D eigenvalue weighted by Crippen LogP contribution is 2.30. The van der Waals surface area contributed by atoms with E-state index in [1.807, 2.05) is 12.1 Å². The van der Waals surface area contributed by atoms with Crippen LogP contribution in [0.2, 0.25) is 0 Å². The molecule has 0 aromatic heterocycles. The van der Waals surface area contributed by atoms with Crippen LogP contribution in [0.5, 0.6) is 5.75 Å². The first kappa shape index (κ1) is 15.6. The van der Waals surface area contributed by atoms with Crippen molar-refractivity contribution in [2.75, 3.05) is 13.7 Å². The van der Waals surface area contributed by atoms with E-state index in [4.69, 9.17) is 10.5 Å². The fourth-order valence-corrected chi connectivity index (χ4v) is 3.28. The highest BCUT2D eigenvalue weighted by Gasteiger charge is 2.17. The molecule has 0 radical (unpaired) electrons. The van der Waals surface area contributed by atoms with Crippen LogP contribution in [0.15, 0.2) is 36.4 Å². The second-order valence-corrected chi connectivity index (χ2v) is 5.76. The molecule has 0 saturated heterocycles. The third-order valence-electron chi connectivity index (χ3n) is 4.09. The maximum atomic E-state index is 6.08. The molecule has 1 unspecified atom stereocenters. The van der Waals surface area contributed by atoms with Gasteiger partial charge in [-0.05, 0) is 62.1 Å². The molecule has 1 atom stereocenters. The molecule has 2 N–H and O–H groups in total. The number of hydrogen-bond acceptors (Lipinski definition) is 2. The molecule has 2 aromatic carbocycles. The Morgan fingerprint density at radius 2 is 1.67 bits per heavy atom. The highest BCUT2D eigenvalue weighted by atomic mass is 16.5. The van der Waals surface area contributed by atoms with Crippen molar-refractivity contribution < 1.29 is 4.74 Å². The van der Waals surface area contributed by atoms with Gasteiger partial charge in [0.2, 0.25) is 0 Å². The molecular formula is C19H25NO. The first-order chi connectivity index (χ1) is 10.1. The quantitative estimate of drug-likeness (QED) is 0.903. The van der Waals surface area contributed by atoms with Crippen LogP contribution in [0.25, 0.3) is 0 Å². The maximum absolute atomic E-state index is 6.08. The van der Waals surface area contributed by atoms with Gasteiger partial charge in [0.15, 0.2) is 0 Å². The smallest absolute Gasteiger partial charge is 0.122 e. The summed E-state index contributed by atoms with van der Waals surface area (Å²) in [7, 11) is 1.72. The number of rotatable bonds is 5. The largest absolute Gasteiger partial charge is 0.496 e. The molecule has 2 nitrogen and oxygen atoms in total. The summed E-state index contributed by atoms with van der Waals surface area (Å²) < 4.78 is 5.47. The number of para-hydroxylation sites is 1. The topological polar surface area (TPSA) is 35.2 Å². The van der Waals surface area contributed by atoms with Gasteiger partial charge in [0.1, 0.15) is 5.75 Å². The zero-order valence-corrected chi connectivity index (χ0v) is 13.4. The van der Waals surface area contributed by atoms with Crippen molar-refractivity contribution in [2.24, 2.45) is 5.73 Å². The molecular weight excluding hydrogens is 258 g/mol. The van der Waals surface area contributed by atoms with Gasteiger partial charge in [-0.25, -0.2) is 0 Å². The maximum Gasteiger partial charge on any atom is 0.122 e. The summed E-state index contributed by atoms with van der Waals surface area (Å²) in [6, 6.07) is 12.7. The molecule has 0 amide bonds. The first-order valence-electron chi connectivity index (χ1n) is 7.46. The number of ether oxygens (including phenoxy) is 1. The molecule has 0 aliphatic carbocycles. The molecule has 0 spiro atoms. The Morgan fingerprint density at radius 3 is 2.24 bits per heavy atom. The lowest BCUT2D eigenvalue weighted by atomic mass is 9.85. The molecule has 2 rings (SSSR count). The van der Waals surface area contributed by atoms with E-state index in [0.29, 0.717) is 12.5 Å². The first-order valence-corrected chi connectivity index (χ1v) is 7.46. The van der Waals surface area contributed by atoms with Crippen LogP contribution in [0.1, 0.15) is 33.7 Å². The van der Waals surface area contributed by atoms with Crippen LogP contribution < -0.4 is 10.5 Å². The zero-order valence-electron chi connectivity index (χ0n) is 13.4. The van der Waals surface area contributed by atoms with Gasteiger partial charge in [0, 0.05) is 5.92 Å². The Morgan fingerprint density at radius 1 is 1.05 bits per heavy atom. The molecule has 0 saturated carbocycles. The molecule has 0 heterocycles. The summed E-state index contributed by atoms with van der Waals surface area (Å²) in [6.07, 6.45) is 0.908. The van der Waals surface area contributed by atoms with E-state index >= 15 is 0 Å². The Hall–Kier alpha value is -1.80. The summed E-state index contributed by atoms with van der Waals surface area (Å²) in [6.45, 7) is 7.14. The van der Waals surface area contributed by atoms with Crippen LogP contribution in [0, 0.1) is 20.8 Å². The Labute approximate surface area is 127 Å². The molecule has 2 heteroatoms. The number of nitrogens with two attached hydrogens (primary N) is 1. The molecule has 21 heavy (non-hydrogen) atoms. The molecule has 0 aliphatic rings. The van der Waals surface area contributed by atoms with E-state index in [0.717, 1.165) is 12.2 Å². The lowest BCUT2D eigenvalue weighted by molar-refractivity contribution is 0.408. The summed E-state index contributed by atoms with van der Waals surface area (Å²) in [5.41, 5.74) is 12.6.